The third-order valence-corrected chi connectivity index (χ3v) is 7.49. The van der Waals surface area contributed by atoms with Gasteiger partial charge in [0.15, 0.2) is 5.79 Å². The first-order chi connectivity index (χ1) is 16.7. The van der Waals surface area contributed by atoms with Gasteiger partial charge in [-0.15, -0.1) is 0 Å². The average molecular weight is 526 g/mol. The Hall–Kier alpha value is -2.99. The molecule has 0 aromatic heterocycles. The second kappa shape index (κ2) is 10.3. The highest BCUT2D eigenvalue weighted by Crippen LogP contribution is 2.38. The van der Waals surface area contributed by atoms with E-state index in [1.165, 1.54) is 24.3 Å². The number of halogens is 2. The predicted molar refractivity (Wildman–Crippen MR) is 123 cm³/mol. The Morgan fingerprint density at radius 2 is 1.77 bits per heavy atom. The van der Waals surface area contributed by atoms with Crippen molar-refractivity contribution in [2.75, 3.05) is 24.7 Å². The van der Waals surface area contributed by atoms with Crippen LogP contribution in [0.2, 0.25) is 5.02 Å². The van der Waals surface area contributed by atoms with Gasteiger partial charge in [0, 0.05) is 6.42 Å². The molecule has 4 rings (SSSR count). The van der Waals surface area contributed by atoms with Crippen molar-refractivity contribution < 1.29 is 41.3 Å². The summed E-state index contributed by atoms with van der Waals surface area (Å²) in [7, 11) is -4.24. The summed E-state index contributed by atoms with van der Waals surface area (Å²) in [5, 5.41) is -1.51. The summed E-state index contributed by atoms with van der Waals surface area (Å²) in [4.78, 5) is 25.0. The third-order valence-electron chi connectivity index (χ3n) is 5.44. The first kappa shape index (κ1) is 25.1. The number of nitrogens with one attached hydrogen (secondary N) is 1. The van der Waals surface area contributed by atoms with Crippen LogP contribution in [0.25, 0.3) is 0 Å². The monoisotopic (exact) mass is 525 g/mol. The van der Waals surface area contributed by atoms with E-state index in [4.69, 9.17) is 30.5 Å². The van der Waals surface area contributed by atoms with Gasteiger partial charge in [-0.3, -0.25) is 4.72 Å². The van der Waals surface area contributed by atoms with Crippen molar-refractivity contribution in [3.63, 3.8) is 0 Å². The molecule has 2 aliphatic rings. The number of anilines is 1. The minimum absolute atomic E-state index is 0.0428. The molecule has 2 aromatic rings. The van der Waals surface area contributed by atoms with Crippen molar-refractivity contribution in [1.29, 1.82) is 0 Å². The molecular formula is C23H21ClFNO8S. The third kappa shape index (κ3) is 5.81. The molecule has 0 saturated carbocycles. The summed E-state index contributed by atoms with van der Waals surface area (Å²) < 4.78 is 63.3. The van der Waals surface area contributed by atoms with E-state index >= 15 is 0 Å². The van der Waals surface area contributed by atoms with Crippen LogP contribution in [0.15, 0.2) is 60.2 Å². The predicted octanol–water partition coefficient (Wildman–Crippen LogP) is 3.41. The van der Waals surface area contributed by atoms with Crippen molar-refractivity contribution in [3.8, 4) is 0 Å². The molecule has 1 unspecified atom stereocenters. The summed E-state index contributed by atoms with van der Waals surface area (Å²) in [6, 6.07) is 11.3. The Morgan fingerprint density at radius 1 is 1.09 bits per heavy atom. The number of rotatable bonds is 7. The van der Waals surface area contributed by atoms with Gasteiger partial charge >= 0.3 is 11.9 Å². The Balaban J connectivity index is 1.52. The van der Waals surface area contributed by atoms with Crippen LogP contribution in [0.5, 0.6) is 0 Å². The zero-order valence-corrected chi connectivity index (χ0v) is 19.8. The number of benzene rings is 2. The molecule has 1 aliphatic heterocycles. The number of hydrogen-bond donors (Lipinski definition) is 1. The molecule has 1 atom stereocenters. The number of carbonyl (C=O) groups is 2. The molecular weight excluding hydrogens is 505 g/mol. The molecule has 0 bridgehead atoms. The highest BCUT2D eigenvalue weighted by molar-refractivity contribution is 7.93. The van der Waals surface area contributed by atoms with E-state index in [2.05, 4.69) is 4.72 Å². The van der Waals surface area contributed by atoms with Gasteiger partial charge < -0.3 is 18.9 Å². The maximum absolute atomic E-state index is 13.4. The standard InChI is InChI=1S/C23H21ClFNO8S/c24-18-12-16(25)6-7-19(18)26-35(29,30)20-8-9-23(33-10-11-34-23)13-17(20)22(28)32-14-31-21(27)15-4-2-1-3-5-15/h1-7,12-13,20,26H,8-11,14H2. The van der Waals surface area contributed by atoms with Crippen LogP contribution < -0.4 is 4.72 Å². The van der Waals surface area contributed by atoms with Crippen LogP contribution in [0.4, 0.5) is 10.1 Å². The SMILES string of the molecule is O=C(OCOC(=O)c1ccccc1)C1=CC2(CCC1S(=O)(=O)Nc1ccc(F)cc1Cl)OCCO2. The Labute approximate surface area is 205 Å². The summed E-state index contributed by atoms with van der Waals surface area (Å²) in [5.41, 5.74) is -0.0427. The first-order valence-electron chi connectivity index (χ1n) is 10.6. The molecule has 0 amide bonds. The number of sulfonamides is 1. The van der Waals surface area contributed by atoms with Gasteiger partial charge in [-0.1, -0.05) is 29.8 Å². The smallest absolute Gasteiger partial charge is 0.340 e. The summed E-state index contributed by atoms with van der Waals surface area (Å²) in [5.74, 6) is -3.63. The molecule has 1 saturated heterocycles. The molecule has 9 nitrogen and oxygen atoms in total. The van der Waals surface area contributed by atoms with Gasteiger partial charge in [0.25, 0.3) is 0 Å². The Kier molecular flexibility index (Phi) is 7.41. The summed E-state index contributed by atoms with van der Waals surface area (Å²) in [6.07, 6.45) is 1.40. The van der Waals surface area contributed by atoms with Crippen LogP contribution >= 0.6 is 11.6 Å². The fourth-order valence-corrected chi connectivity index (χ4v) is 5.60. The van der Waals surface area contributed by atoms with Gasteiger partial charge in [0.05, 0.1) is 35.1 Å². The van der Waals surface area contributed by atoms with E-state index in [1.54, 1.807) is 18.2 Å². The molecule has 1 fully saturated rings. The number of carbonyl (C=O) groups excluding carboxylic acids is 2. The number of ether oxygens (including phenoxy) is 4. The minimum Gasteiger partial charge on any atom is -0.424 e. The topological polar surface area (TPSA) is 117 Å². The Morgan fingerprint density at radius 3 is 2.46 bits per heavy atom. The quantitative estimate of drug-likeness (QED) is 0.432. The minimum atomic E-state index is -4.24. The van der Waals surface area contributed by atoms with Crippen molar-refractivity contribution in [3.05, 3.63) is 76.6 Å². The zero-order chi connectivity index (χ0) is 25.1. The second-order valence-electron chi connectivity index (χ2n) is 7.75. The summed E-state index contributed by atoms with van der Waals surface area (Å²) >= 11 is 5.96. The van der Waals surface area contributed by atoms with Crippen molar-refractivity contribution in [2.45, 2.75) is 23.9 Å². The fraction of sp³-hybridized carbons (Fsp3) is 0.304. The van der Waals surface area contributed by atoms with Crippen LogP contribution in [0.3, 0.4) is 0 Å². The zero-order valence-electron chi connectivity index (χ0n) is 18.2. The van der Waals surface area contributed by atoms with E-state index in [0.29, 0.717) is 0 Å². The average Bonchev–Trinajstić information content (AvgIpc) is 3.28. The molecule has 1 heterocycles. The first-order valence-corrected chi connectivity index (χ1v) is 12.5. The largest absolute Gasteiger partial charge is 0.424 e. The molecule has 1 spiro atoms. The van der Waals surface area contributed by atoms with Crippen LogP contribution in [0, 0.1) is 5.82 Å². The highest BCUT2D eigenvalue weighted by Gasteiger charge is 2.46. The van der Waals surface area contributed by atoms with Gasteiger partial charge in [-0.05, 0) is 42.8 Å². The van der Waals surface area contributed by atoms with Gasteiger partial charge in [0.2, 0.25) is 16.8 Å². The lowest BCUT2D eigenvalue weighted by Crippen LogP contribution is -2.42. The van der Waals surface area contributed by atoms with E-state index < -0.39 is 45.6 Å². The van der Waals surface area contributed by atoms with Crippen LogP contribution in [0.1, 0.15) is 23.2 Å². The maximum Gasteiger partial charge on any atom is 0.340 e. The molecule has 186 valence electrons. The molecule has 1 aliphatic carbocycles. The molecule has 1 N–H and O–H groups in total. The lowest BCUT2D eigenvalue weighted by Gasteiger charge is -2.33. The molecule has 0 radical (unpaired) electrons. The van der Waals surface area contributed by atoms with E-state index in [-0.39, 0.29) is 47.9 Å². The highest BCUT2D eigenvalue weighted by atomic mass is 35.5. The molecule has 35 heavy (non-hydrogen) atoms. The van der Waals surface area contributed by atoms with Gasteiger partial charge in [-0.25, -0.2) is 22.4 Å². The Bertz CT molecular complexity index is 1250. The molecule has 12 heteroatoms. The van der Waals surface area contributed by atoms with E-state index in [9.17, 15) is 22.4 Å². The van der Waals surface area contributed by atoms with Gasteiger partial charge in [-0.2, -0.15) is 0 Å². The lowest BCUT2D eigenvalue weighted by atomic mass is 9.94. The van der Waals surface area contributed by atoms with E-state index in [0.717, 1.165) is 12.1 Å². The van der Waals surface area contributed by atoms with Crippen LogP contribution in [-0.2, 0) is 33.8 Å². The van der Waals surface area contributed by atoms with Gasteiger partial charge in [0.1, 0.15) is 11.1 Å². The summed E-state index contributed by atoms with van der Waals surface area (Å²) in [6.45, 7) is -0.189. The normalized spacial score (nSPS) is 19.1. The van der Waals surface area contributed by atoms with Crippen LogP contribution in [-0.4, -0.2) is 51.4 Å². The number of hydrogen-bond acceptors (Lipinski definition) is 8. The fourth-order valence-electron chi connectivity index (χ4n) is 3.77. The molecule has 2 aromatic carbocycles. The second-order valence-corrected chi connectivity index (χ2v) is 10.0. The van der Waals surface area contributed by atoms with E-state index in [1.807, 2.05) is 0 Å². The maximum atomic E-state index is 13.4. The van der Waals surface area contributed by atoms with Crippen molar-refractivity contribution >= 4 is 39.3 Å². The van der Waals surface area contributed by atoms with Crippen molar-refractivity contribution in [2.24, 2.45) is 0 Å². The van der Waals surface area contributed by atoms with Crippen molar-refractivity contribution in [1.82, 2.24) is 0 Å². The lowest BCUT2D eigenvalue weighted by molar-refractivity contribution is -0.150. The number of esters is 2.